The summed E-state index contributed by atoms with van der Waals surface area (Å²) in [7, 11) is 7.00. The van der Waals surface area contributed by atoms with Crippen LogP contribution in [-0.2, 0) is 28.2 Å². The summed E-state index contributed by atoms with van der Waals surface area (Å²) in [5.41, 5.74) is 17.8. The Bertz CT molecular complexity index is 1720. The third-order valence-corrected chi connectivity index (χ3v) is 15.5. The molecule has 0 N–H and O–H groups in total. The van der Waals surface area contributed by atoms with E-state index in [0.29, 0.717) is 8.45 Å². The number of benzene rings is 4. The van der Waals surface area contributed by atoms with Gasteiger partial charge in [-0.1, -0.05) is 0 Å². The minimum absolute atomic E-state index is 0.159. The summed E-state index contributed by atoms with van der Waals surface area (Å²) in [6.45, 7) is 20.9. The predicted octanol–water partition coefficient (Wildman–Crippen LogP) is 13.7. The Morgan fingerprint density at radius 2 is 0.882 bits per heavy atom. The van der Waals surface area contributed by atoms with Crippen molar-refractivity contribution in [2.45, 2.75) is 94.4 Å². The third-order valence-electron chi connectivity index (χ3n) is 10.2. The number of rotatable bonds is 6. The monoisotopic (exact) mass is 714 g/mol. The first-order valence-electron chi connectivity index (χ1n) is 18.8. The Hall–Kier alpha value is -3.14. The molecule has 2 nitrogen and oxygen atoms in total. The molecule has 0 radical (unpaired) electrons. The molecular weight excluding hydrogens is 652 g/mol. The fourth-order valence-electron chi connectivity index (χ4n) is 7.63. The van der Waals surface area contributed by atoms with Crippen LogP contribution in [0.2, 0.25) is 0 Å². The quantitative estimate of drug-likeness (QED) is 0.178. The number of hydrogen-bond donors (Lipinski definition) is 0. The molecule has 2 aliphatic rings. The molecule has 4 aromatic rings. The molecular formula is C48H62N2Ti. The first kappa shape index (κ1) is 40.6. The van der Waals surface area contributed by atoms with E-state index in [0.717, 1.165) is 12.8 Å². The second-order valence-electron chi connectivity index (χ2n) is 16.0. The van der Waals surface area contributed by atoms with Crippen molar-refractivity contribution in [1.29, 1.82) is 0 Å². The molecule has 2 atom stereocenters. The van der Waals surface area contributed by atoms with Crippen molar-refractivity contribution in [2.24, 2.45) is 0 Å². The molecule has 4 aromatic carbocycles. The molecule has 0 spiro atoms. The van der Waals surface area contributed by atoms with E-state index < -0.39 is 17.4 Å². The van der Waals surface area contributed by atoms with Crippen LogP contribution >= 0.6 is 0 Å². The van der Waals surface area contributed by atoms with Crippen LogP contribution in [-0.4, -0.2) is 32.5 Å². The summed E-state index contributed by atoms with van der Waals surface area (Å²) in [6.07, 6.45) is 7.36. The molecule has 0 bridgehead atoms. The van der Waals surface area contributed by atoms with Crippen molar-refractivity contribution >= 4 is 16.5 Å². The van der Waals surface area contributed by atoms with E-state index in [9.17, 15) is 0 Å². The maximum absolute atomic E-state index is 3.50. The van der Waals surface area contributed by atoms with Gasteiger partial charge in [0.15, 0.2) is 0 Å². The fraction of sp³-hybridized carbons (Fsp3) is 0.396. The second kappa shape index (κ2) is 17.6. The van der Waals surface area contributed by atoms with Crippen LogP contribution in [0.25, 0.3) is 45.0 Å². The summed E-state index contributed by atoms with van der Waals surface area (Å²) in [5.74, 6) is 0. The smallest absolute Gasteiger partial charge is 0.162 e. The average Bonchev–Trinajstić information content (AvgIpc) is 3.67. The van der Waals surface area contributed by atoms with Crippen molar-refractivity contribution in [1.82, 2.24) is 0 Å². The van der Waals surface area contributed by atoms with Gasteiger partial charge in [-0.25, -0.2) is 0 Å². The van der Waals surface area contributed by atoms with E-state index in [2.05, 4.69) is 174 Å². The van der Waals surface area contributed by atoms with Crippen LogP contribution in [0.4, 0.5) is 0 Å². The molecule has 268 valence electrons. The normalized spacial score (nSPS) is 15.9. The Morgan fingerprint density at radius 1 is 0.549 bits per heavy atom. The molecule has 0 saturated carbocycles. The molecule has 0 amide bonds. The van der Waals surface area contributed by atoms with Gasteiger partial charge in [0.25, 0.3) is 0 Å². The Balaban J connectivity index is 0.000000909. The van der Waals surface area contributed by atoms with Gasteiger partial charge in [-0.05, 0) is 0 Å². The SMILES string of the molecule is C[CH]=[Ti+2]([CH]1C(CC)=Cc2c(-c3ccc(C(C)(C)C)cc3)cccc21)[CH]1C(CC)=Cc2c(-c3ccc(C(C)(C)C)cc3)cccc21.C[N-]C.C[N-]C. The molecule has 0 aliphatic heterocycles. The fourth-order valence-corrected chi connectivity index (χ4v) is 13.3. The summed E-state index contributed by atoms with van der Waals surface area (Å²) in [6, 6.07) is 32.9. The van der Waals surface area contributed by atoms with E-state index in [4.69, 9.17) is 0 Å². The van der Waals surface area contributed by atoms with Gasteiger partial charge in [0.05, 0.1) is 0 Å². The van der Waals surface area contributed by atoms with Gasteiger partial charge in [0.2, 0.25) is 0 Å². The van der Waals surface area contributed by atoms with Crippen LogP contribution in [0.5, 0.6) is 0 Å². The van der Waals surface area contributed by atoms with Crippen molar-refractivity contribution in [3.8, 4) is 22.3 Å². The Labute approximate surface area is 317 Å². The van der Waals surface area contributed by atoms with Crippen LogP contribution in [0.15, 0.2) is 96.1 Å². The summed E-state index contributed by atoms with van der Waals surface area (Å²) in [4.78, 5) is 0. The topological polar surface area (TPSA) is 28.2 Å². The molecule has 3 heteroatoms. The van der Waals surface area contributed by atoms with E-state index in [-0.39, 0.29) is 10.8 Å². The Morgan fingerprint density at radius 3 is 1.16 bits per heavy atom. The van der Waals surface area contributed by atoms with Gasteiger partial charge in [-0.2, -0.15) is 28.2 Å². The van der Waals surface area contributed by atoms with Gasteiger partial charge < -0.3 is 10.6 Å². The molecule has 6 rings (SSSR count). The standard InChI is InChI=1S/2C21H23.2C2H6N.C2H4.Ti/c2*1-5-15-13-17-7-6-8-19(20(17)14-15)16-9-11-18(12-10-16)21(2,3)4;2*1-3-2;1-2;/h2*6-14H,5H2,1-4H3;2*1-2H3;1H,2H3;/q;;2*-1;;+2. The van der Waals surface area contributed by atoms with Crippen LogP contribution in [0.1, 0.15) is 117 Å². The molecule has 51 heavy (non-hydrogen) atoms. The zero-order valence-corrected chi connectivity index (χ0v) is 35.3. The molecule has 0 heterocycles. The van der Waals surface area contributed by atoms with Gasteiger partial charge >= 0.3 is 280 Å². The van der Waals surface area contributed by atoms with Gasteiger partial charge in [0.1, 0.15) is 0 Å². The van der Waals surface area contributed by atoms with Crippen LogP contribution < -0.4 is 0 Å². The number of nitrogens with zero attached hydrogens (tertiary/aromatic N) is 2. The van der Waals surface area contributed by atoms with Crippen LogP contribution in [0.3, 0.4) is 0 Å². The van der Waals surface area contributed by atoms with E-state index in [1.165, 1.54) is 44.5 Å². The molecule has 0 saturated heterocycles. The number of hydrogen-bond acceptors (Lipinski definition) is 0. The summed E-state index contributed by atoms with van der Waals surface area (Å²) < 4.78 is 3.77. The molecule has 2 aliphatic carbocycles. The first-order valence-corrected chi connectivity index (χ1v) is 21.5. The summed E-state index contributed by atoms with van der Waals surface area (Å²) in [5, 5.41) is 7.00. The van der Waals surface area contributed by atoms with E-state index in [1.807, 2.05) is 0 Å². The van der Waals surface area contributed by atoms with Gasteiger partial charge in [0, 0.05) is 0 Å². The van der Waals surface area contributed by atoms with E-state index in [1.54, 1.807) is 50.5 Å². The average molecular weight is 715 g/mol. The van der Waals surface area contributed by atoms with Crippen molar-refractivity contribution < 1.29 is 17.4 Å². The molecule has 2 unspecified atom stereocenters. The van der Waals surface area contributed by atoms with Gasteiger partial charge in [-0.3, -0.25) is 0 Å². The van der Waals surface area contributed by atoms with Gasteiger partial charge in [-0.15, -0.1) is 0 Å². The third kappa shape index (κ3) is 8.91. The zero-order valence-electron chi connectivity index (χ0n) is 33.8. The second-order valence-corrected chi connectivity index (χ2v) is 20.2. The largest absolute Gasteiger partial charge is 0.668 e. The van der Waals surface area contributed by atoms with E-state index >= 15 is 0 Å². The first-order chi connectivity index (χ1) is 24.3. The number of fused-ring (bicyclic) bond motifs is 2. The zero-order chi connectivity index (χ0) is 37.5. The van der Waals surface area contributed by atoms with Crippen molar-refractivity contribution in [2.75, 3.05) is 28.2 Å². The maximum Gasteiger partial charge on any atom is -0.162 e. The number of allylic oxidation sites excluding steroid dienone is 2. The predicted molar refractivity (Wildman–Crippen MR) is 225 cm³/mol. The summed E-state index contributed by atoms with van der Waals surface area (Å²) >= 11 is -1.87. The van der Waals surface area contributed by atoms with Crippen LogP contribution in [0, 0.1) is 0 Å². The minimum atomic E-state index is -1.87. The Kier molecular flexibility index (Phi) is 14.0. The maximum atomic E-state index is 3.50. The van der Waals surface area contributed by atoms with Crippen molar-refractivity contribution in [3.05, 3.63) is 140 Å². The molecule has 0 aromatic heterocycles. The minimum Gasteiger partial charge on any atom is -0.668 e. The van der Waals surface area contributed by atoms with Crippen molar-refractivity contribution in [3.63, 3.8) is 0 Å². The molecule has 0 fully saturated rings.